The zero-order chi connectivity index (χ0) is 18.8. The highest BCUT2D eigenvalue weighted by atomic mass is 35.5. The number of halogens is 1. The van der Waals surface area contributed by atoms with Gasteiger partial charge in [-0.15, -0.1) is 0 Å². The molecular weight excluding hydrogens is 364 g/mol. The van der Waals surface area contributed by atoms with Crippen molar-refractivity contribution in [2.24, 2.45) is 0 Å². The van der Waals surface area contributed by atoms with Crippen LogP contribution < -0.4 is 10.6 Å². The number of nitrogens with zero attached hydrogens (tertiary/aromatic N) is 2. The fraction of sp³-hybridized carbons (Fsp3) is 0.250. The number of carbonyl (C=O) groups is 2. The second-order valence-electron chi connectivity index (χ2n) is 6.62. The molecule has 0 aliphatic heterocycles. The summed E-state index contributed by atoms with van der Waals surface area (Å²) in [5.41, 5.74) is 1.94. The first-order valence-electron chi connectivity index (χ1n) is 8.92. The summed E-state index contributed by atoms with van der Waals surface area (Å²) in [6.45, 7) is 0.449. The Morgan fingerprint density at radius 1 is 1.15 bits per heavy atom. The zero-order valence-electron chi connectivity index (χ0n) is 14.6. The minimum Gasteiger partial charge on any atom is -0.349 e. The summed E-state index contributed by atoms with van der Waals surface area (Å²) in [5, 5.41) is 6.46. The van der Waals surface area contributed by atoms with Crippen LogP contribution in [0.15, 0.2) is 48.7 Å². The molecule has 0 saturated heterocycles. The molecule has 27 heavy (non-hydrogen) atoms. The average Bonchev–Trinajstić information content (AvgIpc) is 3.38. The molecule has 4 rings (SSSR count). The molecule has 0 radical (unpaired) electrons. The van der Waals surface area contributed by atoms with E-state index in [0.717, 1.165) is 18.4 Å². The maximum absolute atomic E-state index is 12.6. The van der Waals surface area contributed by atoms with Gasteiger partial charge in [0.1, 0.15) is 0 Å². The zero-order valence-corrected chi connectivity index (χ0v) is 15.4. The molecule has 0 spiro atoms. The summed E-state index contributed by atoms with van der Waals surface area (Å²) in [4.78, 5) is 29.4. The molecule has 1 aliphatic rings. The first-order valence-corrected chi connectivity index (χ1v) is 9.30. The van der Waals surface area contributed by atoms with Gasteiger partial charge in [0, 0.05) is 23.8 Å². The Bertz CT molecular complexity index is 1010. The van der Waals surface area contributed by atoms with Crippen LogP contribution in [-0.4, -0.2) is 33.8 Å². The van der Waals surface area contributed by atoms with Crippen LogP contribution >= 0.6 is 11.6 Å². The average molecular weight is 383 g/mol. The summed E-state index contributed by atoms with van der Waals surface area (Å²) in [7, 11) is 0. The van der Waals surface area contributed by atoms with Gasteiger partial charge in [-0.2, -0.15) is 0 Å². The predicted octanol–water partition coefficient (Wildman–Crippen LogP) is 2.85. The summed E-state index contributed by atoms with van der Waals surface area (Å²) in [5.74, 6) is -0.347. The van der Waals surface area contributed by atoms with Gasteiger partial charge in [-0.05, 0) is 49.1 Å². The highest BCUT2D eigenvalue weighted by Gasteiger charge is 2.27. The van der Waals surface area contributed by atoms with Crippen LogP contribution in [-0.2, 0) is 6.42 Å². The second kappa shape index (κ2) is 7.40. The Kier molecular flexibility index (Phi) is 4.81. The van der Waals surface area contributed by atoms with Crippen molar-refractivity contribution in [1.82, 2.24) is 20.0 Å². The lowest BCUT2D eigenvalue weighted by atomic mass is 10.1. The topological polar surface area (TPSA) is 75.5 Å². The van der Waals surface area contributed by atoms with Gasteiger partial charge in [0.15, 0.2) is 5.69 Å². The number of rotatable bonds is 6. The molecule has 3 aromatic rings. The van der Waals surface area contributed by atoms with E-state index in [9.17, 15) is 9.59 Å². The Morgan fingerprint density at radius 3 is 2.78 bits per heavy atom. The smallest absolute Gasteiger partial charge is 0.287 e. The van der Waals surface area contributed by atoms with E-state index in [-0.39, 0.29) is 29.4 Å². The number of benzene rings is 1. The van der Waals surface area contributed by atoms with Gasteiger partial charge in [0.2, 0.25) is 5.82 Å². The highest BCUT2D eigenvalue weighted by molar-refractivity contribution is 6.30. The Balaban J connectivity index is 1.50. The summed E-state index contributed by atoms with van der Waals surface area (Å²) >= 11 is 5.98. The summed E-state index contributed by atoms with van der Waals surface area (Å²) < 4.78 is 1.65. The van der Waals surface area contributed by atoms with Crippen molar-refractivity contribution in [3.63, 3.8) is 0 Å². The Labute approximate surface area is 161 Å². The van der Waals surface area contributed by atoms with Crippen molar-refractivity contribution < 1.29 is 9.59 Å². The van der Waals surface area contributed by atoms with Crippen LogP contribution in [0.25, 0.3) is 5.52 Å². The molecule has 0 unspecified atom stereocenters. The molecule has 0 atom stereocenters. The third-order valence-electron chi connectivity index (χ3n) is 4.47. The maximum atomic E-state index is 12.6. The van der Waals surface area contributed by atoms with Gasteiger partial charge in [0.05, 0.1) is 5.52 Å². The van der Waals surface area contributed by atoms with E-state index in [2.05, 4.69) is 15.6 Å². The number of aromatic nitrogens is 2. The van der Waals surface area contributed by atoms with Crippen molar-refractivity contribution in [3.05, 3.63) is 70.8 Å². The fourth-order valence-electron chi connectivity index (χ4n) is 2.94. The van der Waals surface area contributed by atoms with E-state index in [0.29, 0.717) is 23.5 Å². The summed E-state index contributed by atoms with van der Waals surface area (Å²) in [6, 6.07) is 13.2. The van der Waals surface area contributed by atoms with E-state index in [1.165, 1.54) is 0 Å². The van der Waals surface area contributed by atoms with Crippen LogP contribution in [0.4, 0.5) is 0 Å². The fourth-order valence-corrected chi connectivity index (χ4v) is 3.15. The number of imidazole rings is 1. The molecular formula is C20H19ClN4O2. The molecule has 2 aromatic heterocycles. The minimum atomic E-state index is -0.316. The molecule has 2 amide bonds. The van der Waals surface area contributed by atoms with Crippen LogP contribution in [0.3, 0.4) is 0 Å². The lowest BCUT2D eigenvalue weighted by Crippen LogP contribution is -2.28. The second-order valence-corrected chi connectivity index (χ2v) is 7.06. The number of nitrogens with one attached hydrogen (secondary N) is 2. The van der Waals surface area contributed by atoms with Crippen molar-refractivity contribution in [2.45, 2.75) is 25.3 Å². The van der Waals surface area contributed by atoms with Crippen LogP contribution in [0.5, 0.6) is 0 Å². The third-order valence-corrected chi connectivity index (χ3v) is 4.70. The monoisotopic (exact) mass is 382 g/mol. The summed E-state index contributed by atoms with van der Waals surface area (Å²) in [6.07, 6.45) is 4.38. The molecule has 1 aromatic carbocycles. The Morgan fingerprint density at radius 2 is 2.00 bits per heavy atom. The lowest BCUT2D eigenvalue weighted by molar-refractivity contribution is 0.0943. The predicted molar refractivity (Wildman–Crippen MR) is 103 cm³/mol. The van der Waals surface area contributed by atoms with Crippen molar-refractivity contribution in [1.29, 1.82) is 0 Å². The number of hydrogen-bond acceptors (Lipinski definition) is 3. The van der Waals surface area contributed by atoms with E-state index in [4.69, 9.17) is 11.6 Å². The van der Waals surface area contributed by atoms with Crippen molar-refractivity contribution in [3.8, 4) is 0 Å². The van der Waals surface area contributed by atoms with Crippen molar-refractivity contribution in [2.75, 3.05) is 6.54 Å². The van der Waals surface area contributed by atoms with E-state index in [1.807, 2.05) is 30.3 Å². The standard InChI is InChI=1S/C20H19ClN4O2/c21-14-5-3-4-13(12-14)9-10-22-20(27)18-24-17(19(26)23-15-7-8-15)16-6-1-2-11-25(16)18/h1-6,11-12,15H,7-10H2,(H,22,27)(H,23,26). The van der Waals surface area contributed by atoms with Gasteiger partial charge < -0.3 is 10.6 Å². The first-order chi connectivity index (χ1) is 13.1. The largest absolute Gasteiger partial charge is 0.349 e. The first kappa shape index (κ1) is 17.5. The number of pyridine rings is 1. The molecule has 7 heteroatoms. The molecule has 1 saturated carbocycles. The SMILES string of the molecule is O=C(NC1CC1)c1nc(C(=O)NCCc2cccc(Cl)c2)n2ccccc12. The van der Waals surface area contributed by atoms with Gasteiger partial charge in [-0.1, -0.05) is 29.8 Å². The van der Waals surface area contributed by atoms with Gasteiger partial charge in [0.25, 0.3) is 11.8 Å². The third kappa shape index (κ3) is 3.95. The minimum absolute atomic E-state index is 0.206. The van der Waals surface area contributed by atoms with E-state index >= 15 is 0 Å². The molecule has 138 valence electrons. The Hall–Kier alpha value is -2.86. The van der Waals surface area contributed by atoms with E-state index < -0.39 is 0 Å². The number of hydrogen-bond donors (Lipinski definition) is 2. The van der Waals surface area contributed by atoms with Crippen molar-refractivity contribution >= 4 is 28.9 Å². The lowest BCUT2D eigenvalue weighted by Gasteiger charge is -2.05. The van der Waals surface area contributed by atoms with Crippen LogP contribution in [0.2, 0.25) is 5.02 Å². The van der Waals surface area contributed by atoms with Crippen LogP contribution in [0.1, 0.15) is 39.5 Å². The number of amides is 2. The number of carbonyl (C=O) groups excluding carboxylic acids is 2. The maximum Gasteiger partial charge on any atom is 0.287 e. The molecule has 1 aliphatic carbocycles. The highest BCUT2D eigenvalue weighted by Crippen LogP contribution is 2.20. The quantitative estimate of drug-likeness (QED) is 0.688. The molecule has 6 nitrogen and oxygen atoms in total. The van der Waals surface area contributed by atoms with E-state index in [1.54, 1.807) is 22.7 Å². The normalized spacial score (nSPS) is 13.5. The van der Waals surface area contributed by atoms with Gasteiger partial charge >= 0.3 is 0 Å². The van der Waals surface area contributed by atoms with Gasteiger partial charge in [-0.3, -0.25) is 14.0 Å². The van der Waals surface area contributed by atoms with Crippen LogP contribution in [0, 0.1) is 0 Å². The molecule has 2 heterocycles. The van der Waals surface area contributed by atoms with Gasteiger partial charge in [-0.25, -0.2) is 4.98 Å². The molecule has 1 fully saturated rings. The number of fused-ring (bicyclic) bond motifs is 1. The molecule has 2 N–H and O–H groups in total. The molecule has 0 bridgehead atoms.